The van der Waals surface area contributed by atoms with Crippen LogP contribution in [0.2, 0.25) is 0 Å². The predicted octanol–water partition coefficient (Wildman–Crippen LogP) is 3.57. The third-order valence-corrected chi connectivity index (χ3v) is 3.74. The van der Waals surface area contributed by atoms with Crippen LogP contribution in [-0.2, 0) is 5.75 Å². The highest BCUT2D eigenvalue weighted by molar-refractivity contribution is 7.98. The average molecular weight is 244 g/mol. The molecule has 17 heavy (non-hydrogen) atoms. The largest absolute Gasteiger partial charge is 0.384 e. The number of aromatic nitrogens is 1. The molecule has 0 saturated carbocycles. The van der Waals surface area contributed by atoms with Gasteiger partial charge in [0.2, 0.25) is 0 Å². The van der Waals surface area contributed by atoms with E-state index in [1.165, 1.54) is 16.0 Å². The lowest BCUT2D eigenvalue weighted by Gasteiger charge is -2.06. The van der Waals surface area contributed by atoms with Gasteiger partial charge in [0.1, 0.15) is 5.82 Å². The molecule has 0 atom stereocenters. The first-order valence-electron chi connectivity index (χ1n) is 5.56. The minimum atomic E-state index is 0.587. The van der Waals surface area contributed by atoms with Gasteiger partial charge in [0, 0.05) is 10.6 Å². The van der Waals surface area contributed by atoms with Crippen LogP contribution in [0.4, 0.5) is 5.82 Å². The highest BCUT2D eigenvalue weighted by Crippen LogP contribution is 2.26. The van der Waals surface area contributed by atoms with Crippen LogP contribution in [0.15, 0.2) is 41.3 Å². The Kier molecular flexibility index (Phi) is 3.69. The zero-order valence-corrected chi connectivity index (χ0v) is 10.9. The minimum absolute atomic E-state index is 0.587. The van der Waals surface area contributed by atoms with Crippen molar-refractivity contribution in [2.75, 3.05) is 5.73 Å². The van der Waals surface area contributed by atoms with Crippen molar-refractivity contribution < 1.29 is 0 Å². The van der Waals surface area contributed by atoms with Gasteiger partial charge in [0.25, 0.3) is 0 Å². The lowest BCUT2D eigenvalue weighted by atomic mass is 10.2. The van der Waals surface area contributed by atoms with E-state index in [9.17, 15) is 0 Å². The van der Waals surface area contributed by atoms with Crippen LogP contribution in [0, 0.1) is 13.8 Å². The number of benzene rings is 1. The molecule has 2 rings (SSSR count). The summed E-state index contributed by atoms with van der Waals surface area (Å²) in [5.74, 6) is 1.44. The Morgan fingerprint density at radius 3 is 2.71 bits per heavy atom. The third kappa shape index (κ3) is 3.24. The maximum Gasteiger partial charge on any atom is 0.123 e. The summed E-state index contributed by atoms with van der Waals surface area (Å²) in [6.07, 6.45) is 0. The molecule has 0 aliphatic heterocycles. The highest BCUT2D eigenvalue weighted by Gasteiger charge is 2.01. The Hall–Kier alpha value is -1.48. The number of nitrogens with zero attached hydrogens (tertiary/aromatic N) is 1. The average Bonchev–Trinajstić information content (AvgIpc) is 2.28. The lowest BCUT2D eigenvalue weighted by molar-refractivity contribution is 1.18. The summed E-state index contributed by atoms with van der Waals surface area (Å²) < 4.78 is 0. The molecule has 0 bridgehead atoms. The van der Waals surface area contributed by atoms with Gasteiger partial charge >= 0.3 is 0 Å². The Labute approximate surface area is 106 Å². The summed E-state index contributed by atoms with van der Waals surface area (Å²) in [7, 11) is 0. The van der Waals surface area contributed by atoms with Gasteiger partial charge in [0.05, 0.1) is 5.69 Å². The first kappa shape index (κ1) is 12.0. The zero-order chi connectivity index (χ0) is 12.3. The van der Waals surface area contributed by atoms with Crippen molar-refractivity contribution in [1.82, 2.24) is 4.98 Å². The molecule has 0 aliphatic carbocycles. The van der Waals surface area contributed by atoms with Crippen LogP contribution in [0.25, 0.3) is 0 Å². The second kappa shape index (κ2) is 5.23. The van der Waals surface area contributed by atoms with E-state index in [2.05, 4.69) is 37.0 Å². The second-order valence-electron chi connectivity index (χ2n) is 4.11. The van der Waals surface area contributed by atoms with Crippen molar-refractivity contribution in [3.63, 3.8) is 0 Å². The highest BCUT2D eigenvalue weighted by atomic mass is 32.2. The number of hydrogen-bond acceptors (Lipinski definition) is 3. The number of thioether (sulfide) groups is 1. The van der Waals surface area contributed by atoms with E-state index < -0.39 is 0 Å². The van der Waals surface area contributed by atoms with Gasteiger partial charge in [-0.25, -0.2) is 4.98 Å². The molecule has 2 N–H and O–H groups in total. The first-order valence-corrected chi connectivity index (χ1v) is 6.55. The Morgan fingerprint density at radius 1 is 1.18 bits per heavy atom. The summed E-state index contributed by atoms with van der Waals surface area (Å²) in [6.45, 7) is 4.25. The number of pyridine rings is 1. The molecule has 0 amide bonds. The van der Waals surface area contributed by atoms with Crippen molar-refractivity contribution in [2.24, 2.45) is 0 Å². The number of rotatable bonds is 3. The van der Waals surface area contributed by atoms with Crippen molar-refractivity contribution in [2.45, 2.75) is 24.5 Å². The molecule has 1 aromatic carbocycles. The smallest absolute Gasteiger partial charge is 0.123 e. The topological polar surface area (TPSA) is 38.9 Å². The molecule has 1 aromatic heterocycles. The molecular formula is C14H16N2S. The van der Waals surface area contributed by atoms with Crippen LogP contribution >= 0.6 is 11.8 Å². The molecule has 2 nitrogen and oxygen atoms in total. The molecule has 0 fully saturated rings. The van der Waals surface area contributed by atoms with Crippen LogP contribution < -0.4 is 5.73 Å². The number of nitrogens with two attached hydrogens (primary N) is 1. The first-order chi connectivity index (χ1) is 8.15. The summed E-state index contributed by atoms with van der Waals surface area (Å²) >= 11 is 1.80. The fraction of sp³-hybridized carbons (Fsp3) is 0.214. The van der Waals surface area contributed by atoms with Gasteiger partial charge in [-0.3, -0.25) is 0 Å². The van der Waals surface area contributed by atoms with E-state index in [0.717, 1.165) is 11.4 Å². The molecule has 3 heteroatoms. The minimum Gasteiger partial charge on any atom is -0.384 e. The van der Waals surface area contributed by atoms with E-state index in [1.54, 1.807) is 11.8 Å². The lowest BCUT2D eigenvalue weighted by Crippen LogP contribution is -1.93. The molecule has 0 radical (unpaired) electrons. The van der Waals surface area contributed by atoms with Crippen molar-refractivity contribution >= 4 is 17.6 Å². The Balaban J connectivity index is 2.07. The number of aryl methyl sites for hydroxylation is 2. The van der Waals surface area contributed by atoms with E-state index in [4.69, 9.17) is 5.73 Å². The van der Waals surface area contributed by atoms with E-state index in [-0.39, 0.29) is 0 Å². The number of hydrogen-bond donors (Lipinski definition) is 1. The van der Waals surface area contributed by atoms with Crippen LogP contribution in [0.3, 0.4) is 0 Å². The fourth-order valence-electron chi connectivity index (χ4n) is 1.69. The second-order valence-corrected chi connectivity index (χ2v) is 5.13. The molecule has 0 spiro atoms. The van der Waals surface area contributed by atoms with E-state index in [1.807, 2.05) is 18.2 Å². The molecular weight excluding hydrogens is 228 g/mol. The van der Waals surface area contributed by atoms with Gasteiger partial charge in [-0.05, 0) is 37.6 Å². The zero-order valence-electron chi connectivity index (χ0n) is 10.1. The third-order valence-electron chi connectivity index (χ3n) is 2.53. The van der Waals surface area contributed by atoms with Gasteiger partial charge in [-0.15, -0.1) is 11.8 Å². The van der Waals surface area contributed by atoms with Crippen molar-refractivity contribution in [3.05, 3.63) is 53.2 Å². The van der Waals surface area contributed by atoms with Gasteiger partial charge < -0.3 is 5.73 Å². The van der Waals surface area contributed by atoms with E-state index in [0.29, 0.717) is 5.82 Å². The summed E-state index contributed by atoms with van der Waals surface area (Å²) in [5.41, 5.74) is 9.30. The maximum atomic E-state index is 5.66. The summed E-state index contributed by atoms with van der Waals surface area (Å²) in [6, 6.07) is 12.3. The van der Waals surface area contributed by atoms with Crippen molar-refractivity contribution in [3.8, 4) is 0 Å². The SMILES string of the molecule is Cc1ccc(SCc2cccc(N)n2)c(C)c1. The van der Waals surface area contributed by atoms with Crippen LogP contribution in [0.1, 0.15) is 16.8 Å². The maximum absolute atomic E-state index is 5.66. The molecule has 0 saturated heterocycles. The van der Waals surface area contributed by atoms with Crippen LogP contribution in [0.5, 0.6) is 0 Å². The summed E-state index contributed by atoms with van der Waals surface area (Å²) in [5, 5.41) is 0. The number of anilines is 1. The Morgan fingerprint density at radius 2 is 2.00 bits per heavy atom. The van der Waals surface area contributed by atoms with Crippen LogP contribution in [-0.4, -0.2) is 4.98 Å². The molecule has 2 aromatic rings. The quantitative estimate of drug-likeness (QED) is 0.839. The standard InChI is InChI=1S/C14H16N2S/c1-10-6-7-13(11(2)8-10)17-9-12-4-3-5-14(15)16-12/h3-8H,9H2,1-2H3,(H2,15,16). The molecule has 0 aliphatic rings. The molecule has 0 unspecified atom stereocenters. The summed E-state index contributed by atoms with van der Waals surface area (Å²) in [4.78, 5) is 5.60. The van der Waals surface area contributed by atoms with Gasteiger partial charge in [0.15, 0.2) is 0 Å². The number of nitrogen functional groups attached to an aromatic ring is 1. The van der Waals surface area contributed by atoms with Gasteiger partial charge in [-0.2, -0.15) is 0 Å². The normalized spacial score (nSPS) is 10.5. The molecule has 1 heterocycles. The predicted molar refractivity (Wildman–Crippen MR) is 74.1 cm³/mol. The van der Waals surface area contributed by atoms with Crippen molar-refractivity contribution in [1.29, 1.82) is 0 Å². The van der Waals surface area contributed by atoms with Gasteiger partial charge in [-0.1, -0.05) is 23.8 Å². The molecule has 88 valence electrons. The fourth-order valence-corrected chi connectivity index (χ4v) is 2.61. The monoisotopic (exact) mass is 244 g/mol. The Bertz CT molecular complexity index is 523. The van der Waals surface area contributed by atoms with E-state index >= 15 is 0 Å².